The van der Waals surface area contributed by atoms with Crippen LogP contribution < -0.4 is 5.32 Å². The summed E-state index contributed by atoms with van der Waals surface area (Å²) in [6.45, 7) is 4.12. The monoisotopic (exact) mass is 782 g/mol. The van der Waals surface area contributed by atoms with Gasteiger partial charge in [0.1, 0.15) is 12.6 Å². The first-order valence-electron chi connectivity index (χ1n) is 23.4. The second kappa shape index (κ2) is 44.8. The molecule has 0 rings (SSSR count). The van der Waals surface area contributed by atoms with E-state index < -0.39 is 5.97 Å². The third-order valence-corrected chi connectivity index (χ3v) is 10.2. The number of rotatable bonds is 42. The molecule has 6 nitrogen and oxygen atoms in total. The minimum absolute atomic E-state index is 0.000161. The van der Waals surface area contributed by atoms with Gasteiger partial charge in [0.15, 0.2) is 0 Å². The average Bonchev–Trinajstić information content (AvgIpc) is 3.18. The quantitative estimate of drug-likeness (QED) is 0.0365. The standard InChI is InChI=1S/C50H87NO5/c1-3-5-7-9-11-13-15-17-19-20-21-22-24-26-28-30-32-37-41-45-50(55)56-47(43-39-35-33-36-40-44-48(52)51-46-49(53)54)42-38-34-31-29-27-25-23-18-16-14-12-10-8-6-4-2/h5,7,11,13,17,19,21-22,25,27,47H,3-4,6,8-10,12,14-16,18,20,23-24,26,28-46H2,1-2H3,(H,51,52)(H,53,54)/b7-5-,13-11-,19-17-,22-21-,27-25-. The zero-order valence-electron chi connectivity index (χ0n) is 36.5. The number of carbonyl (C=O) groups excluding carboxylic acids is 2. The van der Waals surface area contributed by atoms with Gasteiger partial charge in [0.2, 0.25) is 5.91 Å². The van der Waals surface area contributed by atoms with E-state index in [1.54, 1.807) is 0 Å². The SMILES string of the molecule is CC/C=C\C/C=C\C/C=C\C/C=C\CCCCCCCCC(=O)OC(CCCCC/C=C\CCCCCCCCCC)CCCCCCCC(=O)NCC(=O)O. The molecule has 0 spiro atoms. The number of hydrogen-bond acceptors (Lipinski definition) is 4. The molecule has 2 N–H and O–H groups in total. The summed E-state index contributed by atoms with van der Waals surface area (Å²) in [6, 6.07) is 0. The summed E-state index contributed by atoms with van der Waals surface area (Å²) in [4.78, 5) is 35.1. The molecule has 0 aromatic heterocycles. The molecule has 0 radical (unpaired) electrons. The maximum Gasteiger partial charge on any atom is 0.322 e. The van der Waals surface area contributed by atoms with E-state index in [4.69, 9.17) is 9.84 Å². The topological polar surface area (TPSA) is 92.7 Å². The molecular formula is C50H87NO5. The van der Waals surface area contributed by atoms with Crippen molar-refractivity contribution in [1.82, 2.24) is 5.32 Å². The van der Waals surface area contributed by atoms with Gasteiger partial charge in [-0.1, -0.05) is 171 Å². The summed E-state index contributed by atoms with van der Waals surface area (Å²) < 4.78 is 6.04. The molecule has 1 atom stereocenters. The second-order valence-corrected chi connectivity index (χ2v) is 15.6. The van der Waals surface area contributed by atoms with Gasteiger partial charge in [-0.3, -0.25) is 14.4 Å². The summed E-state index contributed by atoms with van der Waals surface area (Å²) >= 11 is 0. The van der Waals surface area contributed by atoms with Gasteiger partial charge in [0, 0.05) is 12.8 Å². The summed E-state index contributed by atoms with van der Waals surface area (Å²) in [5.41, 5.74) is 0. The molecule has 0 aliphatic rings. The van der Waals surface area contributed by atoms with Crippen molar-refractivity contribution >= 4 is 17.8 Å². The molecule has 0 saturated carbocycles. The predicted molar refractivity (Wildman–Crippen MR) is 240 cm³/mol. The van der Waals surface area contributed by atoms with Crippen LogP contribution in [-0.4, -0.2) is 35.6 Å². The summed E-state index contributed by atoms with van der Waals surface area (Å²) in [7, 11) is 0. The van der Waals surface area contributed by atoms with E-state index in [1.807, 2.05) is 0 Å². The Hall–Kier alpha value is -2.89. The van der Waals surface area contributed by atoms with Crippen molar-refractivity contribution in [2.45, 2.75) is 232 Å². The number of carboxylic acid groups (broad SMARTS) is 1. The maximum atomic E-state index is 12.8. The van der Waals surface area contributed by atoms with Gasteiger partial charge in [0.05, 0.1) is 0 Å². The molecule has 0 aliphatic carbocycles. The Morgan fingerprint density at radius 1 is 0.482 bits per heavy atom. The molecule has 0 bridgehead atoms. The fourth-order valence-electron chi connectivity index (χ4n) is 6.74. The molecule has 1 unspecified atom stereocenters. The number of nitrogens with one attached hydrogen (secondary N) is 1. The molecular weight excluding hydrogens is 695 g/mol. The lowest BCUT2D eigenvalue weighted by Gasteiger charge is -2.18. The first kappa shape index (κ1) is 53.1. The molecule has 0 aromatic rings. The molecule has 0 fully saturated rings. The van der Waals surface area contributed by atoms with Crippen LogP contribution in [0.4, 0.5) is 0 Å². The van der Waals surface area contributed by atoms with E-state index in [9.17, 15) is 14.4 Å². The van der Waals surface area contributed by atoms with Crippen molar-refractivity contribution in [2.24, 2.45) is 0 Å². The van der Waals surface area contributed by atoms with Crippen LogP contribution in [0.5, 0.6) is 0 Å². The van der Waals surface area contributed by atoms with E-state index in [0.29, 0.717) is 12.8 Å². The number of carboxylic acids is 1. The third kappa shape index (κ3) is 43.8. The predicted octanol–water partition coefficient (Wildman–Crippen LogP) is 14.8. The highest BCUT2D eigenvalue weighted by molar-refractivity contribution is 5.80. The largest absolute Gasteiger partial charge is 0.480 e. The van der Waals surface area contributed by atoms with Gasteiger partial charge in [-0.2, -0.15) is 0 Å². The number of hydrogen-bond donors (Lipinski definition) is 2. The van der Waals surface area contributed by atoms with Crippen LogP contribution in [0.15, 0.2) is 60.8 Å². The molecule has 6 heteroatoms. The van der Waals surface area contributed by atoms with Crippen LogP contribution in [0.3, 0.4) is 0 Å². The lowest BCUT2D eigenvalue weighted by atomic mass is 10.0. The summed E-state index contributed by atoms with van der Waals surface area (Å²) in [5.74, 6) is -1.25. The van der Waals surface area contributed by atoms with Crippen LogP contribution in [0.25, 0.3) is 0 Å². The molecule has 56 heavy (non-hydrogen) atoms. The van der Waals surface area contributed by atoms with Gasteiger partial charge in [-0.25, -0.2) is 0 Å². The third-order valence-electron chi connectivity index (χ3n) is 10.2. The Morgan fingerprint density at radius 2 is 0.875 bits per heavy atom. The maximum absolute atomic E-state index is 12.8. The molecule has 322 valence electrons. The van der Waals surface area contributed by atoms with Crippen LogP contribution in [0.2, 0.25) is 0 Å². The van der Waals surface area contributed by atoms with E-state index in [1.165, 1.54) is 96.3 Å². The highest BCUT2D eigenvalue weighted by Crippen LogP contribution is 2.18. The van der Waals surface area contributed by atoms with E-state index in [0.717, 1.165) is 103 Å². The van der Waals surface area contributed by atoms with Crippen molar-refractivity contribution in [3.05, 3.63) is 60.8 Å². The Bertz CT molecular complexity index is 1040. The smallest absolute Gasteiger partial charge is 0.322 e. The van der Waals surface area contributed by atoms with Crippen LogP contribution >= 0.6 is 0 Å². The minimum atomic E-state index is -1.02. The Labute approximate surface area is 345 Å². The van der Waals surface area contributed by atoms with Gasteiger partial charge < -0.3 is 15.2 Å². The fraction of sp³-hybridized carbons (Fsp3) is 0.740. The molecule has 0 saturated heterocycles. The van der Waals surface area contributed by atoms with E-state index in [2.05, 4.69) is 79.9 Å². The minimum Gasteiger partial charge on any atom is -0.480 e. The van der Waals surface area contributed by atoms with Crippen molar-refractivity contribution in [2.75, 3.05) is 6.54 Å². The van der Waals surface area contributed by atoms with Gasteiger partial charge in [-0.05, 0) is 103 Å². The normalized spacial score (nSPS) is 12.6. The lowest BCUT2D eigenvalue weighted by Crippen LogP contribution is -2.28. The van der Waals surface area contributed by atoms with Crippen LogP contribution in [-0.2, 0) is 19.1 Å². The van der Waals surface area contributed by atoms with Crippen molar-refractivity contribution in [1.29, 1.82) is 0 Å². The van der Waals surface area contributed by atoms with Crippen LogP contribution in [0, 0.1) is 0 Å². The number of unbranched alkanes of at least 4 members (excludes halogenated alkanes) is 21. The van der Waals surface area contributed by atoms with Gasteiger partial charge >= 0.3 is 11.9 Å². The highest BCUT2D eigenvalue weighted by atomic mass is 16.5. The number of esters is 1. The lowest BCUT2D eigenvalue weighted by molar-refractivity contribution is -0.150. The Balaban J connectivity index is 4.22. The van der Waals surface area contributed by atoms with Crippen molar-refractivity contribution < 1.29 is 24.2 Å². The van der Waals surface area contributed by atoms with Crippen molar-refractivity contribution in [3.63, 3.8) is 0 Å². The highest BCUT2D eigenvalue weighted by Gasteiger charge is 2.14. The Kier molecular flexibility index (Phi) is 42.5. The molecule has 0 aliphatic heterocycles. The Morgan fingerprint density at radius 3 is 1.38 bits per heavy atom. The zero-order chi connectivity index (χ0) is 40.8. The van der Waals surface area contributed by atoms with Gasteiger partial charge in [0.25, 0.3) is 0 Å². The summed E-state index contributed by atoms with van der Waals surface area (Å²) in [5, 5.41) is 11.1. The second-order valence-electron chi connectivity index (χ2n) is 15.6. The number of aliphatic carboxylic acids is 1. The van der Waals surface area contributed by atoms with Crippen molar-refractivity contribution in [3.8, 4) is 0 Å². The first-order valence-corrected chi connectivity index (χ1v) is 23.4. The number of carbonyl (C=O) groups is 3. The zero-order valence-corrected chi connectivity index (χ0v) is 36.5. The van der Waals surface area contributed by atoms with E-state index in [-0.39, 0.29) is 24.5 Å². The van der Waals surface area contributed by atoms with Crippen LogP contribution in [0.1, 0.15) is 226 Å². The number of allylic oxidation sites excluding steroid dienone is 10. The first-order chi connectivity index (χ1) is 27.5. The number of amides is 1. The van der Waals surface area contributed by atoms with Gasteiger partial charge in [-0.15, -0.1) is 0 Å². The summed E-state index contributed by atoms with van der Waals surface area (Å²) in [6.07, 6.45) is 59.2. The van der Waals surface area contributed by atoms with E-state index >= 15 is 0 Å². The molecule has 0 heterocycles. The fourth-order valence-corrected chi connectivity index (χ4v) is 6.74. The molecule has 1 amide bonds. The number of ether oxygens (including phenoxy) is 1. The molecule has 0 aromatic carbocycles. The average molecular weight is 782 g/mol.